The molecular weight excluding hydrogens is 567 g/mol. The van der Waals surface area contributed by atoms with E-state index in [-0.39, 0.29) is 29.2 Å². The van der Waals surface area contributed by atoms with Gasteiger partial charge < -0.3 is 14.7 Å². The van der Waals surface area contributed by atoms with Crippen molar-refractivity contribution in [3.63, 3.8) is 0 Å². The summed E-state index contributed by atoms with van der Waals surface area (Å²) in [7, 11) is 1.35. The van der Waals surface area contributed by atoms with Crippen LogP contribution in [0.1, 0.15) is 60.5 Å². The van der Waals surface area contributed by atoms with Crippen LogP contribution in [0.25, 0.3) is 0 Å². The Bertz CT molecular complexity index is 1350. The Labute approximate surface area is 238 Å². The van der Waals surface area contributed by atoms with Crippen molar-refractivity contribution in [3.8, 4) is 0 Å². The molecule has 0 bridgehead atoms. The highest BCUT2D eigenvalue weighted by atomic mass is 19.4. The molecule has 2 fully saturated rings. The van der Waals surface area contributed by atoms with Gasteiger partial charge in [-0.05, 0) is 67.1 Å². The first-order chi connectivity index (χ1) is 19.6. The lowest BCUT2D eigenvalue weighted by Gasteiger charge is -2.45. The van der Waals surface area contributed by atoms with Gasteiger partial charge in [0.25, 0.3) is 0 Å². The van der Waals surface area contributed by atoms with Crippen molar-refractivity contribution in [1.82, 2.24) is 14.7 Å². The number of hydrogen-bond donors (Lipinski definition) is 0. The second kappa shape index (κ2) is 10.9. The molecule has 42 heavy (non-hydrogen) atoms. The monoisotopic (exact) mass is 597 g/mol. The Morgan fingerprint density at radius 1 is 0.952 bits per heavy atom. The summed E-state index contributed by atoms with van der Waals surface area (Å²) in [6.07, 6.45) is -6.67. The van der Waals surface area contributed by atoms with Crippen LogP contribution in [0.5, 0.6) is 0 Å². The molecule has 2 amide bonds. The van der Waals surface area contributed by atoms with Crippen LogP contribution in [-0.4, -0.2) is 53.2 Å². The summed E-state index contributed by atoms with van der Waals surface area (Å²) >= 11 is 0. The highest BCUT2D eigenvalue weighted by Gasteiger charge is 2.47. The van der Waals surface area contributed by atoms with Crippen LogP contribution in [0, 0.1) is 17.7 Å². The zero-order valence-electron chi connectivity index (χ0n) is 23.0. The second-order valence-corrected chi connectivity index (χ2v) is 11.3. The minimum atomic E-state index is -5.01. The summed E-state index contributed by atoms with van der Waals surface area (Å²) in [5.41, 5.74) is -1.57. The molecule has 2 saturated heterocycles. The summed E-state index contributed by atoms with van der Waals surface area (Å²) in [6.45, 7) is 2.92. The van der Waals surface area contributed by atoms with E-state index in [1.54, 1.807) is 23.1 Å². The average Bonchev–Trinajstić information content (AvgIpc) is 3.56. The minimum absolute atomic E-state index is 0.0608. The quantitative estimate of drug-likeness (QED) is 0.350. The zero-order valence-corrected chi connectivity index (χ0v) is 23.0. The predicted molar refractivity (Wildman–Crippen MR) is 139 cm³/mol. The van der Waals surface area contributed by atoms with Gasteiger partial charge in [-0.3, -0.25) is 4.79 Å². The number of amides is 2. The molecule has 4 atom stereocenters. The highest BCUT2D eigenvalue weighted by Crippen LogP contribution is 2.46. The summed E-state index contributed by atoms with van der Waals surface area (Å²) in [5, 5.41) is 0. The maximum Gasteiger partial charge on any atom is 0.416 e. The van der Waals surface area contributed by atoms with Gasteiger partial charge >= 0.3 is 18.4 Å². The van der Waals surface area contributed by atoms with Crippen molar-refractivity contribution < 1.29 is 40.3 Å². The van der Waals surface area contributed by atoms with E-state index in [0.717, 1.165) is 10.6 Å². The molecule has 0 N–H and O–H groups in total. The van der Waals surface area contributed by atoms with Gasteiger partial charge in [0.15, 0.2) is 5.78 Å². The van der Waals surface area contributed by atoms with Crippen molar-refractivity contribution in [2.24, 2.45) is 11.8 Å². The van der Waals surface area contributed by atoms with Gasteiger partial charge in [0.05, 0.1) is 23.2 Å². The lowest BCUT2D eigenvalue weighted by molar-refractivity contribution is -0.143. The fourth-order valence-electron chi connectivity index (χ4n) is 6.41. The number of carbonyl (C=O) groups is 2. The fraction of sp³-hybridized carbons (Fsp3) is 0.467. The SMILES string of the molecule is CC(c1cc(C(F)(F)F)cc(C(F)(F)F)c1)N(C)C(=O)N1CCC2CN(C3=CC(=O)CC3)CC2C1c1ccc(F)cc1. The summed E-state index contributed by atoms with van der Waals surface area (Å²) in [4.78, 5) is 30.7. The third kappa shape index (κ3) is 5.85. The molecule has 5 nitrogen and oxygen atoms in total. The Kier molecular flexibility index (Phi) is 7.78. The van der Waals surface area contributed by atoms with Gasteiger partial charge in [-0.15, -0.1) is 0 Å². The number of fused-ring (bicyclic) bond motifs is 1. The summed E-state index contributed by atoms with van der Waals surface area (Å²) in [5.74, 6) is -0.312. The molecule has 0 aromatic heterocycles. The van der Waals surface area contributed by atoms with Crippen LogP contribution in [0.4, 0.5) is 35.5 Å². The van der Waals surface area contributed by atoms with E-state index in [4.69, 9.17) is 0 Å². The zero-order chi connectivity index (χ0) is 30.6. The maximum absolute atomic E-state index is 14.0. The van der Waals surface area contributed by atoms with Crippen molar-refractivity contribution in [3.05, 3.63) is 82.3 Å². The number of hydrogen-bond acceptors (Lipinski definition) is 3. The van der Waals surface area contributed by atoms with Crippen LogP contribution < -0.4 is 0 Å². The van der Waals surface area contributed by atoms with E-state index in [1.807, 2.05) is 0 Å². The Balaban J connectivity index is 1.46. The van der Waals surface area contributed by atoms with Crippen molar-refractivity contribution in [1.29, 1.82) is 0 Å². The van der Waals surface area contributed by atoms with Crippen molar-refractivity contribution >= 4 is 11.8 Å². The number of allylic oxidation sites excluding steroid dienone is 2. The van der Waals surface area contributed by atoms with Crippen LogP contribution >= 0.6 is 0 Å². The van der Waals surface area contributed by atoms with Gasteiger partial charge in [-0.1, -0.05) is 12.1 Å². The minimum Gasteiger partial charge on any atom is -0.374 e. The molecule has 4 unspecified atom stereocenters. The first-order valence-corrected chi connectivity index (χ1v) is 13.7. The Hall–Kier alpha value is -3.57. The van der Waals surface area contributed by atoms with Gasteiger partial charge in [0.2, 0.25) is 0 Å². The van der Waals surface area contributed by atoms with E-state index in [0.29, 0.717) is 56.6 Å². The van der Waals surface area contributed by atoms with Crippen LogP contribution in [0.3, 0.4) is 0 Å². The number of urea groups is 1. The number of likely N-dealkylation sites (tertiary alicyclic amines) is 2. The first kappa shape index (κ1) is 29.9. The first-order valence-electron chi connectivity index (χ1n) is 13.7. The van der Waals surface area contributed by atoms with Gasteiger partial charge in [-0.2, -0.15) is 26.3 Å². The third-order valence-corrected chi connectivity index (χ3v) is 8.77. The average molecular weight is 598 g/mol. The number of rotatable bonds is 4. The fourth-order valence-corrected chi connectivity index (χ4v) is 6.41. The topological polar surface area (TPSA) is 43.9 Å². The number of nitrogens with zero attached hydrogens (tertiary/aromatic N) is 3. The molecular formula is C30H30F7N3O2. The molecule has 3 aliphatic rings. The lowest BCUT2D eigenvalue weighted by Crippen LogP contribution is -2.50. The van der Waals surface area contributed by atoms with E-state index < -0.39 is 47.4 Å². The highest BCUT2D eigenvalue weighted by molar-refractivity contribution is 5.92. The summed E-state index contributed by atoms with van der Waals surface area (Å²) < 4.78 is 94.8. The number of ketones is 1. The smallest absolute Gasteiger partial charge is 0.374 e. The standard InChI is InChI=1S/C30H30F7N3O2/c1-17(20-11-21(29(32,33)34)13-22(12-20)30(35,36)37)38(2)28(42)40-10-9-19-15-39(24-7-8-25(41)14-24)16-26(19)27(40)18-3-5-23(31)6-4-18/h3-6,11-14,17,19,26-27H,7-10,15-16H2,1-2H3. The number of halogens is 7. The molecule has 0 radical (unpaired) electrons. The Morgan fingerprint density at radius 3 is 2.12 bits per heavy atom. The molecule has 2 aliphatic heterocycles. The molecule has 226 valence electrons. The molecule has 5 rings (SSSR count). The normalized spacial score (nSPS) is 23.6. The van der Waals surface area contributed by atoms with E-state index in [9.17, 15) is 40.3 Å². The molecule has 2 aromatic rings. The van der Waals surface area contributed by atoms with Crippen LogP contribution in [-0.2, 0) is 17.1 Å². The lowest BCUT2D eigenvalue weighted by atomic mass is 9.79. The number of piperidine rings is 1. The van der Waals surface area contributed by atoms with E-state index in [1.165, 1.54) is 26.1 Å². The van der Waals surface area contributed by atoms with Crippen LogP contribution in [0.2, 0.25) is 0 Å². The van der Waals surface area contributed by atoms with E-state index in [2.05, 4.69) is 4.90 Å². The molecule has 12 heteroatoms. The van der Waals surface area contributed by atoms with Crippen molar-refractivity contribution in [2.45, 2.75) is 50.6 Å². The number of benzene rings is 2. The maximum atomic E-state index is 14.0. The van der Waals surface area contributed by atoms with Gasteiger partial charge in [0.1, 0.15) is 5.82 Å². The van der Waals surface area contributed by atoms with Crippen LogP contribution in [0.15, 0.2) is 54.2 Å². The van der Waals surface area contributed by atoms with E-state index >= 15 is 0 Å². The Morgan fingerprint density at radius 2 is 1.57 bits per heavy atom. The van der Waals surface area contributed by atoms with Crippen molar-refractivity contribution in [2.75, 3.05) is 26.7 Å². The molecule has 0 saturated carbocycles. The largest absolute Gasteiger partial charge is 0.416 e. The molecule has 1 aliphatic carbocycles. The number of carbonyl (C=O) groups excluding carboxylic acids is 2. The predicted octanol–water partition coefficient (Wildman–Crippen LogP) is 7.22. The van der Waals surface area contributed by atoms with Gasteiger partial charge in [-0.25, -0.2) is 9.18 Å². The molecule has 2 heterocycles. The second-order valence-electron chi connectivity index (χ2n) is 11.3. The third-order valence-electron chi connectivity index (χ3n) is 8.77. The number of alkyl halides is 6. The summed E-state index contributed by atoms with van der Waals surface area (Å²) in [6, 6.07) is 4.91. The molecule has 0 spiro atoms. The molecule has 2 aromatic carbocycles. The van der Waals surface area contributed by atoms with Gasteiger partial charge in [0, 0.05) is 50.8 Å².